The first-order valence-corrected chi connectivity index (χ1v) is 10.4. The number of nitrogens with one attached hydrogen (secondary N) is 1. The molecule has 152 valence electrons. The molecule has 9 heteroatoms. The van der Waals surface area contributed by atoms with Crippen LogP contribution in [0, 0.1) is 6.92 Å². The molecule has 0 fully saturated rings. The van der Waals surface area contributed by atoms with Crippen molar-refractivity contribution < 1.29 is 9.32 Å². The molecule has 0 saturated carbocycles. The Morgan fingerprint density at radius 2 is 1.90 bits per heavy atom. The summed E-state index contributed by atoms with van der Waals surface area (Å²) in [6.07, 6.45) is 1.87. The monoisotopic (exact) mass is 420 g/mol. The first-order valence-electron chi connectivity index (χ1n) is 9.21. The first kappa shape index (κ1) is 19.7. The Hall–Kier alpha value is -3.59. The van der Waals surface area contributed by atoms with Crippen LogP contribution in [0.15, 0.2) is 64.1 Å². The fourth-order valence-electron chi connectivity index (χ4n) is 2.92. The van der Waals surface area contributed by atoms with Crippen LogP contribution in [-0.4, -0.2) is 32.1 Å². The highest BCUT2D eigenvalue weighted by atomic mass is 32.2. The molecule has 30 heavy (non-hydrogen) atoms. The van der Waals surface area contributed by atoms with E-state index < -0.39 is 0 Å². The Labute approximate surface area is 177 Å². The minimum Gasteiger partial charge on any atom is -0.383 e. The lowest BCUT2D eigenvalue weighted by atomic mass is 10.2. The van der Waals surface area contributed by atoms with E-state index in [9.17, 15) is 4.79 Å². The zero-order chi connectivity index (χ0) is 21.1. The van der Waals surface area contributed by atoms with Crippen LogP contribution < -0.4 is 11.1 Å². The Kier molecular flexibility index (Phi) is 5.53. The van der Waals surface area contributed by atoms with Crippen molar-refractivity contribution in [2.24, 2.45) is 0 Å². The number of aryl methyl sites for hydroxylation is 1. The third-order valence-corrected chi connectivity index (χ3v) is 5.13. The van der Waals surface area contributed by atoms with Crippen molar-refractivity contribution in [2.75, 3.05) is 17.3 Å². The summed E-state index contributed by atoms with van der Waals surface area (Å²) in [6, 6.07) is 17.1. The summed E-state index contributed by atoms with van der Waals surface area (Å²) in [7, 11) is 0. The normalized spacial score (nSPS) is 10.9. The van der Waals surface area contributed by atoms with Gasteiger partial charge in [-0.1, -0.05) is 53.2 Å². The second-order valence-corrected chi connectivity index (χ2v) is 7.43. The number of thioether (sulfide) groups is 1. The summed E-state index contributed by atoms with van der Waals surface area (Å²) in [5.41, 5.74) is 9.50. The average molecular weight is 420 g/mol. The van der Waals surface area contributed by atoms with Crippen LogP contribution in [0.5, 0.6) is 0 Å². The van der Waals surface area contributed by atoms with Crippen LogP contribution in [0.1, 0.15) is 5.56 Å². The predicted octanol–water partition coefficient (Wildman–Crippen LogP) is 3.85. The summed E-state index contributed by atoms with van der Waals surface area (Å²) in [4.78, 5) is 16.9. The van der Waals surface area contributed by atoms with Crippen LogP contribution in [0.2, 0.25) is 0 Å². The summed E-state index contributed by atoms with van der Waals surface area (Å²) in [6.45, 7) is 1.95. The Morgan fingerprint density at radius 1 is 1.17 bits per heavy atom. The predicted molar refractivity (Wildman–Crippen MR) is 117 cm³/mol. The van der Waals surface area contributed by atoms with Crippen molar-refractivity contribution >= 4 is 29.2 Å². The van der Waals surface area contributed by atoms with Gasteiger partial charge >= 0.3 is 0 Å². The van der Waals surface area contributed by atoms with E-state index in [1.165, 1.54) is 16.4 Å². The highest BCUT2D eigenvalue weighted by Gasteiger charge is 2.23. The second-order valence-electron chi connectivity index (χ2n) is 6.63. The van der Waals surface area contributed by atoms with E-state index in [2.05, 4.69) is 20.6 Å². The van der Waals surface area contributed by atoms with Gasteiger partial charge in [0.1, 0.15) is 23.0 Å². The molecule has 0 bridgehead atoms. The van der Waals surface area contributed by atoms with E-state index in [1.807, 2.05) is 67.8 Å². The highest BCUT2D eigenvalue weighted by Crippen LogP contribution is 2.34. The molecule has 0 aliphatic heterocycles. The zero-order valence-electron chi connectivity index (χ0n) is 16.5. The number of hydrogen-bond donors (Lipinski definition) is 2. The van der Waals surface area contributed by atoms with Gasteiger partial charge in [-0.3, -0.25) is 4.79 Å². The molecule has 3 N–H and O–H groups in total. The number of carbonyl (C=O) groups excluding carboxylic acids is 1. The number of benzene rings is 2. The maximum absolute atomic E-state index is 12.5. The SMILES string of the molecule is CSc1nn(CC(=O)Nc2ccc(C)cc2)c(N)c1-c1nc(-c2ccccc2)no1. The van der Waals surface area contributed by atoms with Crippen LogP contribution in [0.3, 0.4) is 0 Å². The van der Waals surface area contributed by atoms with Crippen LogP contribution >= 0.6 is 11.8 Å². The number of nitrogen functional groups attached to an aromatic ring is 1. The minimum absolute atomic E-state index is 0.0348. The van der Waals surface area contributed by atoms with Crippen LogP contribution in [0.4, 0.5) is 11.5 Å². The van der Waals surface area contributed by atoms with Crippen molar-refractivity contribution in [3.05, 3.63) is 60.2 Å². The molecule has 2 aromatic heterocycles. The Bertz CT molecular complexity index is 1170. The molecule has 4 aromatic rings. The van der Waals surface area contributed by atoms with Crippen LogP contribution in [-0.2, 0) is 11.3 Å². The second kappa shape index (κ2) is 8.42. The third kappa shape index (κ3) is 4.06. The van der Waals surface area contributed by atoms with Gasteiger partial charge in [0, 0.05) is 11.3 Å². The molecule has 0 radical (unpaired) electrons. The molecule has 8 nitrogen and oxygen atoms in total. The molecular formula is C21H20N6O2S. The van der Waals surface area contributed by atoms with Gasteiger partial charge in [0.15, 0.2) is 0 Å². The zero-order valence-corrected chi connectivity index (χ0v) is 17.3. The lowest BCUT2D eigenvalue weighted by Crippen LogP contribution is -2.20. The van der Waals surface area contributed by atoms with Crippen LogP contribution in [0.25, 0.3) is 22.8 Å². The number of anilines is 2. The van der Waals surface area contributed by atoms with Crippen molar-refractivity contribution in [1.29, 1.82) is 0 Å². The molecule has 0 unspecified atom stereocenters. The maximum Gasteiger partial charge on any atom is 0.264 e. The van der Waals surface area contributed by atoms with Gasteiger partial charge in [0.2, 0.25) is 11.7 Å². The topological polar surface area (TPSA) is 112 Å². The first-order chi connectivity index (χ1) is 14.5. The lowest BCUT2D eigenvalue weighted by molar-refractivity contribution is -0.116. The third-order valence-electron chi connectivity index (χ3n) is 4.45. The number of rotatable bonds is 6. The van der Waals surface area contributed by atoms with Gasteiger partial charge in [-0.2, -0.15) is 10.1 Å². The fraction of sp³-hybridized carbons (Fsp3) is 0.143. The molecule has 0 aliphatic rings. The molecule has 2 aromatic carbocycles. The van der Waals surface area contributed by atoms with Gasteiger partial charge in [0.05, 0.1) is 0 Å². The van der Waals surface area contributed by atoms with E-state index in [4.69, 9.17) is 10.3 Å². The lowest BCUT2D eigenvalue weighted by Gasteiger charge is -2.07. The number of nitrogens with two attached hydrogens (primary N) is 1. The molecule has 4 rings (SSSR count). The molecule has 0 saturated heterocycles. The summed E-state index contributed by atoms with van der Waals surface area (Å²) in [5, 5.41) is 11.9. The number of hydrogen-bond acceptors (Lipinski definition) is 7. The van der Waals surface area contributed by atoms with Crippen molar-refractivity contribution in [2.45, 2.75) is 18.5 Å². The van der Waals surface area contributed by atoms with Gasteiger partial charge in [-0.05, 0) is 25.3 Å². The Balaban J connectivity index is 1.58. The van der Waals surface area contributed by atoms with Crippen molar-refractivity contribution in [1.82, 2.24) is 19.9 Å². The largest absolute Gasteiger partial charge is 0.383 e. The van der Waals surface area contributed by atoms with Gasteiger partial charge in [-0.15, -0.1) is 11.8 Å². The number of amides is 1. The fourth-order valence-corrected chi connectivity index (χ4v) is 3.50. The van der Waals surface area contributed by atoms with Gasteiger partial charge in [-0.25, -0.2) is 4.68 Å². The van der Waals surface area contributed by atoms with Crippen molar-refractivity contribution in [3.63, 3.8) is 0 Å². The average Bonchev–Trinajstić information content (AvgIpc) is 3.35. The van der Waals surface area contributed by atoms with Gasteiger partial charge in [0.25, 0.3) is 5.89 Å². The molecule has 0 spiro atoms. The van der Waals surface area contributed by atoms with Gasteiger partial charge < -0.3 is 15.6 Å². The minimum atomic E-state index is -0.234. The molecule has 0 atom stereocenters. The highest BCUT2D eigenvalue weighted by molar-refractivity contribution is 7.98. The van der Waals surface area contributed by atoms with E-state index in [0.717, 1.165) is 11.1 Å². The molecule has 0 aliphatic carbocycles. The van der Waals surface area contributed by atoms with E-state index >= 15 is 0 Å². The number of nitrogens with zero attached hydrogens (tertiary/aromatic N) is 4. The van der Waals surface area contributed by atoms with E-state index in [0.29, 0.717) is 27.9 Å². The standard InChI is InChI=1S/C21H20N6O2S/c1-13-8-10-15(11-9-13)23-16(28)12-27-18(22)17(21(25-27)30-2)20-24-19(26-29-20)14-6-4-3-5-7-14/h3-11H,12,22H2,1-2H3,(H,23,28). The summed E-state index contributed by atoms with van der Waals surface area (Å²) in [5.74, 6) is 0.784. The van der Waals surface area contributed by atoms with E-state index in [-0.39, 0.29) is 18.3 Å². The molecule has 2 heterocycles. The maximum atomic E-state index is 12.5. The Morgan fingerprint density at radius 3 is 2.60 bits per heavy atom. The number of aromatic nitrogens is 4. The van der Waals surface area contributed by atoms with E-state index in [1.54, 1.807) is 0 Å². The smallest absolute Gasteiger partial charge is 0.264 e. The quantitative estimate of drug-likeness (QED) is 0.456. The summed E-state index contributed by atoms with van der Waals surface area (Å²) < 4.78 is 6.89. The molecular weight excluding hydrogens is 400 g/mol. The summed E-state index contributed by atoms with van der Waals surface area (Å²) >= 11 is 1.39. The van der Waals surface area contributed by atoms with Crippen molar-refractivity contribution in [3.8, 4) is 22.8 Å². The molecule has 1 amide bonds. The number of carbonyl (C=O) groups is 1.